The van der Waals surface area contributed by atoms with Gasteiger partial charge in [-0.25, -0.2) is 4.79 Å². The second-order valence-electron chi connectivity index (χ2n) is 9.08. The minimum absolute atomic E-state index is 0.123. The Morgan fingerprint density at radius 3 is 1.95 bits per heavy atom. The molecule has 0 saturated heterocycles. The lowest BCUT2D eigenvalue weighted by Gasteiger charge is -2.25. The topological polar surface area (TPSA) is 221 Å². The monoisotopic (exact) mass is 549 g/mol. The fourth-order valence-electron chi connectivity index (χ4n) is 3.69. The molecule has 0 aliphatic heterocycles. The third-order valence-corrected chi connectivity index (χ3v) is 5.86. The van der Waals surface area contributed by atoms with Gasteiger partial charge in [0.2, 0.25) is 23.6 Å². The zero-order chi connectivity index (χ0) is 29.2. The number of carbonyl (C=O) groups is 5. The molecular weight excluding hydrogens is 506 g/mol. The van der Waals surface area contributed by atoms with Crippen molar-refractivity contribution in [2.45, 2.75) is 76.5 Å². The molecule has 13 nitrogen and oxygen atoms in total. The molecule has 0 bridgehead atoms. The lowest BCUT2D eigenvalue weighted by atomic mass is 10.0. The maximum Gasteiger partial charge on any atom is 0.407 e. The first-order chi connectivity index (χ1) is 18.6. The van der Waals surface area contributed by atoms with Gasteiger partial charge in [-0.2, -0.15) is 0 Å². The van der Waals surface area contributed by atoms with Crippen molar-refractivity contribution in [3.63, 3.8) is 0 Å². The number of ether oxygens (including phenoxy) is 1. The van der Waals surface area contributed by atoms with Crippen LogP contribution >= 0.6 is 0 Å². The summed E-state index contributed by atoms with van der Waals surface area (Å²) in [6.45, 7) is 3.95. The molecule has 1 aromatic rings. The predicted molar refractivity (Wildman–Crippen MR) is 146 cm³/mol. The Hall–Kier alpha value is -3.71. The number of unbranched alkanes of at least 4 members (excludes halogenated alkanes) is 1. The van der Waals surface area contributed by atoms with Crippen LogP contribution in [-0.4, -0.2) is 73.6 Å². The molecule has 0 radical (unpaired) electrons. The van der Waals surface area contributed by atoms with Crippen LogP contribution in [0.25, 0.3) is 0 Å². The Labute approximate surface area is 229 Å². The predicted octanol–water partition coefficient (Wildman–Crippen LogP) is -0.829. The van der Waals surface area contributed by atoms with Gasteiger partial charge in [0.15, 0.2) is 0 Å². The first kappa shape index (κ1) is 33.3. The standard InChI is InChI=1S/C26H43N7O6/c1-3-39-26(38)33-21(16-18-10-5-4-6-11-18)25(37)32-20(12-7-8-14-27)24(36)30-17(2)23(35)31-19(22(29)34)13-9-15-28/h4-6,10-11,17,19-21H,3,7-9,12-16,27-28H2,1-2H3,(H2,29,34)(H,30,36)(H,31,35)(H,32,37)(H,33,38)/t17-,19-,20-,21-/m0/s1. The van der Waals surface area contributed by atoms with Crippen LogP contribution in [0.15, 0.2) is 30.3 Å². The van der Waals surface area contributed by atoms with Crippen LogP contribution in [0.5, 0.6) is 0 Å². The molecule has 10 N–H and O–H groups in total. The van der Waals surface area contributed by atoms with Crippen LogP contribution < -0.4 is 38.5 Å². The molecule has 13 heteroatoms. The van der Waals surface area contributed by atoms with Gasteiger partial charge in [-0.1, -0.05) is 30.3 Å². The quantitative estimate of drug-likeness (QED) is 0.114. The van der Waals surface area contributed by atoms with Gasteiger partial charge in [-0.15, -0.1) is 0 Å². The molecule has 0 aliphatic rings. The van der Waals surface area contributed by atoms with E-state index in [1.54, 1.807) is 6.92 Å². The van der Waals surface area contributed by atoms with Gasteiger partial charge in [0.1, 0.15) is 24.2 Å². The van der Waals surface area contributed by atoms with Crippen molar-refractivity contribution in [1.82, 2.24) is 21.3 Å². The van der Waals surface area contributed by atoms with Crippen molar-refractivity contribution in [2.24, 2.45) is 17.2 Å². The maximum atomic E-state index is 13.2. The first-order valence-corrected chi connectivity index (χ1v) is 13.2. The Morgan fingerprint density at radius 2 is 1.36 bits per heavy atom. The van der Waals surface area contributed by atoms with Gasteiger partial charge in [0.05, 0.1) is 6.61 Å². The molecule has 39 heavy (non-hydrogen) atoms. The smallest absolute Gasteiger partial charge is 0.407 e. The second-order valence-corrected chi connectivity index (χ2v) is 9.08. The number of benzene rings is 1. The Bertz CT molecular complexity index is 931. The van der Waals surface area contributed by atoms with E-state index in [-0.39, 0.29) is 25.9 Å². The molecule has 1 rings (SSSR count). The van der Waals surface area contributed by atoms with Crippen molar-refractivity contribution >= 4 is 29.7 Å². The minimum Gasteiger partial charge on any atom is -0.450 e. The fourth-order valence-corrected chi connectivity index (χ4v) is 3.69. The Morgan fingerprint density at radius 1 is 0.769 bits per heavy atom. The average Bonchev–Trinajstić information content (AvgIpc) is 2.90. The van der Waals surface area contributed by atoms with E-state index in [2.05, 4.69) is 21.3 Å². The molecule has 4 atom stereocenters. The molecule has 5 amide bonds. The van der Waals surface area contributed by atoms with Crippen molar-refractivity contribution in [3.05, 3.63) is 35.9 Å². The van der Waals surface area contributed by atoms with E-state index in [1.807, 2.05) is 30.3 Å². The van der Waals surface area contributed by atoms with Gasteiger partial charge >= 0.3 is 6.09 Å². The normalized spacial score (nSPS) is 13.7. The van der Waals surface area contributed by atoms with Crippen LogP contribution in [-0.2, 0) is 30.3 Å². The van der Waals surface area contributed by atoms with Crippen LogP contribution in [0.2, 0.25) is 0 Å². The number of nitrogens with one attached hydrogen (secondary N) is 4. The molecule has 0 aromatic heterocycles. The molecule has 0 fully saturated rings. The SMILES string of the molecule is CCOC(=O)N[C@@H](Cc1ccccc1)C(=O)N[C@@H](CCCCN)C(=O)N[C@@H](C)C(=O)N[C@@H](CCCN)C(N)=O. The van der Waals surface area contributed by atoms with Gasteiger partial charge in [-0.3, -0.25) is 19.2 Å². The Balaban J connectivity index is 2.97. The summed E-state index contributed by atoms with van der Waals surface area (Å²) < 4.78 is 4.94. The van der Waals surface area contributed by atoms with Gasteiger partial charge in [-0.05, 0) is 64.6 Å². The molecule has 0 heterocycles. The number of amides is 5. The molecule has 0 unspecified atom stereocenters. The first-order valence-electron chi connectivity index (χ1n) is 13.2. The third-order valence-electron chi connectivity index (χ3n) is 5.86. The highest BCUT2D eigenvalue weighted by molar-refractivity contribution is 5.95. The number of alkyl carbamates (subject to hydrolysis) is 1. The minimum atomic E-state index is -1.02. The zero-order valence-corrected chi connectivity index (χ0v) is 22.7. The summed E-state index contributed by atoms with van der Waals surface area (Å²) in [5.41, 5.74) is 17.2. The molecule has 0 aliphatic carbocycles. The van der Waals surface area contributed by atoms with Crippen LogP contribution in [0.4, 0.5) is 4.79 Å². The third kappa shape index (κ3) is 13.1. The highest BCUT2D eigenvalue weighted by atomic mass is 16.5. The number of hydrogen-bond acceptors (Lipinski definition) is 8. The highest BCUT2D eigenvalue weighted by Gasteiger charge is 2.29. The number of nitrogens with two attached hydrogens (primary N) is 3. The summed E-state index contributed by atoms with van der Waals surface area (Å²) in [6, 6.07) is 5.10. The number of carbonyl (C=O) groups excluding carboxylic acids is 5. The number of hydrogen-bond donors (Lipinski definition) is 7. The van der Waals surface area contributed by atoms with E-state index in [1.165, 1.54) is 6.92 Å². The summed E-state index contributed by atoms with van der Waals surface area (Å²) in [5.74, 6) is -2.51. The second kappa shape index (κ2) is 18.5. The molecule has 0 saturated carbocycles. The van der Waals surface area contributed by atoms with Crippen LogP contribution in [0.3, 0.4) is 0 Å². The van der Waals surface area contributed by atoms with Gasteiger partial charge in [0, 0.05) is 6.42 Å². The fraction of sp³-hybridized carbons (Fsp3) is 0.577. The van der Waals surface area contributed by atoms with Gasteiger partial charge < -0.3 is 43.2 Å². The van der Waals surface area contributed by atoms with Crippen molar-refractivity contribution in [1.29, 1.82) is 0 Å². The summed E-state index contributed by atoms with van der Waals surface area (Å²) in [4.78, 5) is 62.8. The van der Waals surface area contributed by atoms with Crippen LogP contribution in [0, 0.1) is 0 Å². The Kier molecular flexibility index (Phi) is 15.8. The lowest BCUT2D eigenvalue weighted by Crippen LogP contribution is -2.57. The zero-order valence-electron chi connectivity index (χ0n) is 22.7. The number of primary amides is 1. The van der Waals surface area contributed by atoms with Crippen LogP contribution in [0.1, 0.15) is 51.5 Å². The summed E-state index contributed by atoms with van der Waals surface area (Å²) in [5, 5.41) is 10.3. The average molecular weight is 550 g/mol. The lowest BCUT2D eigenvalue weighted by molar-refractivity contribution is -0.133. The van der Waals surface area contributed by atoms with Crippen molar-refractivity contribution in [2.75, 3.05) is 19.7 Å². The summed E-state index contributed by atoms with van der Waals surface area (Å²) in [7, 11) is 0. The highest BCUT2D eigenvalue weighted by Crippen LogP contribution is 2.07. The van der Waals surface area contributed by atoms with Crippen molar-refractivity contribution < 1.29 is 28.7 Å². The van der Waals surface area contributed by atoms with Crippen molar-refractivity contribution in [3.8, 4) is 0 Å². The summed E-state index contributed by atoms with van der Waals surface area (Å²) in [6.07, 6.45) is 1.56. The largest absolute Gasteiger partial charge is 0.450 e. The summed E-state index contributed by atoms with van der Waals surface area (Å²) >= 11 is 0. The number of rotatable bonds is 18. The van der Waals surface area contributed by atoms with E-state index in [0.29, 0.717) is 32.4 Å². The molecule has 1 aromatic carbocycles. The molecule has 0 spiro atoms. The van der Waals surface area contributed by atoms with E-state index >= 15 is 0 Å². The van der Waals surface area contributed by atoms with E-state index in [9.17, 15) is 24.0 Å². The van der Waals surface area contributed by atoms with Gasteiger partial charge in [0.25, 0.3) is 0 Å². The maximum absolute atomic E-state index is 13.2. The van der Waals surface area contributed by atoms with E-state index in [4.69, 9.17) is 21.9 Å². The van der Waals surface area contributed by atoms with E-state index in [0.717, 1.165) is 5.56 Å². The van der Waals surface area contributed by atoms with E-state index < -0.39 is 53.9 Å². The molecule has 218 valence electrons. The molecular formula is C26H43N7O6.